The summed E-state index contributed by atoms with van der Waals surface area (Å²) >= 11 is 0. The maximum atomic E-state index is 11.4. The fourth-order valence-electron chi connectivity index (χ4n) is 0.997. The first-order valence-corrected chi connectivity index (χ1v) is 4.12. The van der Waals surface area contributed by atoms with Crippen LogP contribution in [-0.2, 0) is 4.74 Å². The summed E-state index contributed by atoms with van der Waals surface area (Å²) in [7, 11) is 1.14. The predicted molar refractivity (Wildman–Crippen MR) is 51.2 cm³/mol. The van der Waals surface area contributed by atoms with Crippen LogP contribution in [0.15, 0.2) is 11.1 Å². The summed E-state index contributed by atoms with van der Waals surface area (Å²) in [5.74, 6) is -1.34. The number of hydrogen-bond acceptors (Lipinski definition) is 6. The Hall–Kier alpha value is -2.31. The summed E-state index contributed by atoms with van der Waals surface area (Å²) in [5.41, 5.74) is 0.324. The maximum absolute atomic E-state index is 11.4. The molecule has 86 valence electrons. The lowest BCUT2D eigenvalue weighted by molar-refractivity contribution is 0.0593. The lowest BCUT2D eigenvalue weighted by atomic mass is 10.1. The molecule has 1 rings (SSSR count). The molecule has 1 aromatic rings. The van der Waals surface area contributed by atoms with Gasteiger partial charge in [-0.15, -0.1) is 0 Å². The highest BCUT2D eigenvalue weighted by Gasteiger charge is 2.27. The molecule has 0 atom stereocenters. The molecule has 0 unspecified atom stereocenters. The van der Waals surface area contributed by atoms with Gasteiger partial charge < -0.3 is 19.1 Å². The van der Waals surface area contributed by atoms with Gasteiger partial charge in [-0.2, -0.15) is 0 Å². The molecule has 0 amide bonds. The molecule has 16 heavy (non-hydrogen) atoms. The average molecular weight is 227 g/mol. The van der Waals surface area contributed by atoms with E-state index in [0.29, 0.717) is 5.57 Å². The number of rotatable bonds is 3. The minimum atomic E-state index is -1.62. The summed E-state index contributed by atoms with van der Waals surface area (Å²) in [5, 5.41) is 11.9. The molecular formula is C9H9NO6. The number of aromatic nitrogens is 1. The van der Waals surface area contributed by atoms with Crippen LogP contribution < -0.4 is 4.74 Å². The van der Waals surface area contributed by atoms with Crippen molar-refractivity contribution >= 4 is 17.7 Å². The zero-order chi connectivity index (χ0) is 12.3. The van der Waals surface area contributed by atoms with Crippen molar-refractivity contribution in [2.24, 2.45) is 0 Å². The Morgan fingerprint density at radius 2 is 2.12 bits per heavy atom. The standard InChI is InChI=1S/C9H9NO6/c1-4(2)6-5(7(11)14-3)8(16-10-6)15-9(12)13/h1H2,2-3H3,(H,12,13). The fourth-order valence-corrected chi connectivity index (χ4v) is 0.997. The molecule has 1 aromatic heterocycles. The fraction of sp³-hybridized carbons (Fsp3) is 0.222. The van der Waals surface area contributed by atoms with E-state index >= 15 is 0 Å². The second-order valence-corrected chi connectivity index (χ2v) is 2.83. The van der Waals surface area contributed by atoms with E-state index in [1.165, 1.54) is 0 Å². The number of carbonyl (C=O) groups excluding carboxylic acids is 1. The summed E-state index contributed by atoms with van der Waals surface area (Å²) < 4.78 is 13.3. The Morgan fingerprint density at radius 1 is 1.50 bits per heavy atom. The molecule has 0 bridgehead atoms. The monoisotopic (exact) mass is 227 g/mol. The second kappa shape index (κ2) is 4.47. The molecule has 0 spiro atoms. The van der Waals surface area contributed by atoms with Gasteiger partial charge in [-0.25, -0.2) is 9.59 Å². The number of carboxylic acid groups (broad SMARTS) is 1. The molecule has 0 aliphatic heterocycles. The largest absolute Gasteiger partial charge is 0.513 e. The topological polar surface area (TPSA) is 98.9 Å². The number of methoxy groups -OCH3 is 1. The minimum Gasteiger partial charge on any atom is -0.465 e. The van der Waals surface area contributed by atoms with Gasteiger partial charge in [0.15, 0.2) is 5.56 Å². The number of allylic oxidation sites excluding steroid dienone is 1. The van der Waals surface area contributed by atoms with Crippen molar-refractivity contribution in [2.75, 3.05) is 7.11 Å². The molecule has 7 heteroatoms. The zero-order valence-corrected chi connectivity index (χ0v) is 8.64. The summed E-state index contributed by atoms with van der Waals surface area (Å²) in [6, 6.07) is 0. The highest BCUT2D eigenvalue weighted by atomic mass is 16.7. The number of carbonyl (C=O) groups is 2. The second-order valence-electron chi connectivity index (χ2n) is 2.83. The Morgan fingerprint density at radius 3 is 2.56 bits per heavy atom. The van der Waals surface area contributed by atoms with Crippen LogP contribution in [0.4, 0.5) is 4.79 Å². The molecule has 0 fully saturated rings. The van der Waals surface area contributed by atoms with Gasteiger partial charge in [0.1, 0.15) is 5.69 Å². The van der Waals surface area contributed by atoms with Gasteiger partial charge in [-0.3, -0.25) is 0 Å². The third kappa shape index (κ3) is 2.19. The zero-order valence-electron chi connectivity index (χ0n) is 8.64. The normalized spacial score (nSPS) is 9.62. The SMILES string of the molecule is C=C(C)c1noc(OC(=O)O)c1C(=O)OC. The molecule has 1 N–H and O–H groups in total. The van der Waals surface area contributed by atoms with Crippen LogP contribution in [0.1, 0.15) is 23.0 Å². The van der Waals surface area contributed by atoms with E-state index in [1.807, 2.05) is 0 Å². The highest BCUT2D eigenvalue weighted by molar-refractivity contribution is 5.96. The first kappa shape index (κ1) is 11.8. The molecular weight excluding hydrogens is 218 g/mol. The minimum absolute atomic E-state index is 0.100. The van der Waals surface area contributed by atoms with Crippen LogP contribution in [0.2, 0.25) is 0 Å². The Labute approximate surface area is 90.2 Å². The van der Waals surface area contributed by atoms with Gasteiger partial charge in [0.25, 0.3) is 0 Å². The molecule has 0 aliphatic rings. The Balaban J connectivity index is 3.24. The van der Waals surface area contributed by atoms with E-state index in [0.717, 1.165) is 7.11 Å². The molecule has 1 heterocycles. The summed E-state index contributed by atoms with van der Waals surface area (Å²) in [6.07, 6.45) is -1.62. The Bertz CT molecular complexity index is 447. The Kier molecular flexibility index (Phi) is 3.29. The van der Waals surface area contributed by atoms with E-state index in [1.54, 1.807) is 6.92 Å². The molecule has 0 saturated carbocycles. The van der Waals surface area contributed by atoms with E-state index in [4.69, 9.17) is 5.11 Å². The van der Waals surface area contributed by atoms with Crippen LogP contribution in [0.3, 0.4) is 0 Å². The molecule has 0 saturated heterocycles. The molecule has 0 aliphatic carbocycles. The number of hydrogen-bond donors (Lipinski definition) is 1. The molecule has 7 nitrogen and oxygen atoms in total. The van der Waals surface area contributed by atoms with Gasteiger partial charge >= 0.3 is 18.1 Å². The summed E-state index contributed by atoms with van der Waals surface area (Å²) in [6.45, 7) is 5.14. The van der Waals surface area contributed by atoms with Gasteiger partial charge in [0.2, 0.25) is 0 Å². The van der Waals surface area contributed by atoms with Gasteiger partial charge in [0.05, 0.1) is 7.11 Å². The van der Waals surface area contributed by atoms with Crippen LogP contribution in [0.5, 0.6) is 5.95 Å². The first-order valence-electron chi connectivity index (χ1n) is 4.12. The maximum Gasteiger partial charge on any atom is 0.513 e. The van der Waals surface area contributed by atoms with Crippen LogP contribution in [0, 0.1) is 0 Å². The van der Waals surface area contributed by atoms with Crippen molar-refractivity contribution < 1.29 is 28.7 Å². The van der Waals surface area contributed by atoms with Crippen molar-refractivity contribution in [3.63, 3.8) is 0 Å². The van der Waals surface area contributed by atoms with Crippen LogP contribution in [0.25, 0.3) is 5.57 Å². The summed E-state index contributed by atoms with van der Waals surface area (Å²) in [4.78, 5) is 21.7. The van der Waals surface area contributed by atoms with E-state index in [9.17, 15) is 9.59 Å². The van der Waals surface area contributed by atoms with Gasteiger partial charge in [-0.1, -0.05) is 11.7 Å². The molecule has 0 aromatic carbocycles. The lowest BCUT2D eigenvalue weighted by Gasteiger charge is -1.99. The third-order valence-electron chi connectivity index (χ3n) is 1.63. The quantitative estimate of drug-likeness (QED) is 0.782. The highest BCUT2D eigenvalue weighted by Crippen LogP contribution is 2.27. The van der Waals surface area contributed by atoms with E-state index in [2.05, 4.69) is 25.7 Å². The lowest BCUT2D eigenvalue weighted by Crippen LogP contribution is -2.09. The van der Waals surface area contributed by atoms with Crippen molar-refractivity contribution in [2.45, 2.75) is 6.92 Å². The predicted octanol–water partition coefficient (Wildman–Crippen LogP) is 1.55. The smallest absolute Gasteiger partial charge is 0.465 e. The van der Waals surface area contributed by atoms with Crippen molar-refractivity contribution in [3.05, 3.63) is 17.8 Å². The van der Waals surface area contributed by atoms with E-state index < -0.39 is 18.1 Å². The van der Waals surface area contributed by atoms with E-state index in [-0.39, 0.29) is 11.3 Å². The van der Waals surface area contributed by atoms with Crippen molar-refractivity contribution in [1.29, 1.82) is 0 Å². The third-order valence-corrected chi connectivity index (χ3v) is 1.63. The number of ether oxygens (including phenoxy) is 2. The molecule has 0 radical (unpaired) electrons. The van der Waals surface area contributed by atoms with Gasteiger partial charge in [-0.05, 0) is 12.5 Å². The van der Waals surface area contributed by atoms with Crippen LogP contribution in [-0.4, -0.2) is 29.5 Å². The first-order chi connectivity index (χ1) is 7.47. The average Bonchev–Trinajstić information content (AvgIpc) is 2.59. The van der Waals surface area contributed by atoms with Gasteiger partial charge in [0, 0.05) is 0 Å². The van der Waals surface area contributed by atoms with Crippen molar-refractivity contribution in [3.8, 4) is 5.95 Å². The van der Waals surface area contributed by atoms with Crippen LogP contribution >= 0.6 is 0 Å². The van der Waals surface area contributed by atoms with Crippen molar-refractivity contribution in [1.82, 2.24) is 5.16 Å². The number of esters is 1. The number of nitrogens with zero attached hydrogens (tertiary/aromatic N) is 1.